The average Bonchev–Trinajstić information content (AvgIpc) is 3.27. The maximum Gasteiger partial charge on any atom is 0.129 e. The minimum Gasteiger partial charge on any atom is -0.467 e. The lowest BCUT2D eigenvalue weighted by Crippen LogP contribution is -2.34. The molecule has 4 nitrogen and oxygen atoms in total. The largest absolute Gasteiger partial charge is 0.467 e. The number of aliphatic hydroxyl groups is 1. The van der Waals surface area contributed by atoms with Crippen molar-refractivity contribution in [3.63, 3.8) is 0 Å². The summed E-state index contributed by atoms with van der Waals surface area (Å²) in [4.78, 5) is 4.88. The zero-order chi connectivity index (χ0) is 18.2. The quantitative estimate of drug-likeness (QED) is 0.579. The van der Waals surface area contributed by atoms with Crippen LogP contribution in [0.25, 0.3) is 0 Å². The second-order valence-corrected chi connectivity index (χ2v) is 7.79. The van der Waals surface area contributed by atoms with Crippen LogP contribution in [-0.4, -0.2) is 29.3 Å². The van der Waals surface area contributed by atoms with Gasteiger partial charge in [-0.05, 0) is 36.8 Å². The third kappa shape index (κ3) is 6.11. The van der Waals surface area contributed by atoms with Crippen LogP contribution in [-0.2, 0) is 24.4 Å². The average molecular weight is 372 g/mol. The molecule has 0 fully saturated rings. The zero-order valence-corrected chi connectivity index (χ0v) is 15.8. The summed E-state index contributed by atoms with van der Waals surface area (Å²) in [6.07, 6.45) is 1.08. The molecule has 0 aliphatic heterocycles. The molecule has 3 aromatic rings. The molecular weight excluding hydrogens is 346 g/mol. The Morgan fingerprint density at radius 2 is 1.92 bits per heavy atom. The van der Waals surface area contributed by atoms with Crippen molar-refractivity contribution >= 4 is 11.3 Å². The molecule has 1 atom stereocenters. The summed E-state index contributed by atoms with van der Waals surface area (Å²) in [5.74, 6) is 0.771. The van der Waals surface area contributed by atoms with Crippen molar-refractivity contribution in [1.29, 1.82) is 0 Å². The fourth-order valence-corrected chi connectivity index (χ4v) is 3.79. The predicted molar refractivity (Wildman–Crippen MR) is 104 cm³/mol. The minimum absolute atomic E-state index is 0.287. The fraction of sp³-hybridized carbons (Fsp3) is 0.333. The fourth-order valence-electron chi connectivity index (χ4n) is 2.86. The summed E-state index contributed by atoms with van der Waals surface area (Å²) in [5, 5.41) is 10.4. The van der Waals surface area contributed by atoms with E-state index in [0.717, 1.165) is 18.8 Å². The molecule has 26 heavy (non-hydrogen) atoms. The van der Waals surface area contributed by atoms with Crippen LogP contribution in [0.1, 0.15) is 21.1 Å². The number of aliphatic hydroxyl groups excluding tert-OH is 1. The van der Waals surface area contributed by atoms with Crippen LogP contribution in [0.15, 0.2) is 65.3 Å². The Morgan fingerprint density at radius 1 is 1.08 bits per heavy atom. The second-order valence-electron chi connectivity index (χ2n) is 6.42. The summed E-state index contributed by atoms with van der Waals surface area (Å²) < 4.78 is 10.8. The number of furan rings is 1. The first-order valence-corrected chi connectivity index (χ1v) is 9.60. The number of rotatable bonds is 10. The highest BCUT2D eigenvalue weighted by Gasteiger charge is 2.14. The van der Waals surface area contributed by atoms with Crippen molar-refractivity contribution in [3.05, 3.63) is 81.9 Å². The Morgan fingerprint density at radius 3 is 2.62 bits per heavy atom. The van der Waals surface area contributed by atoms with E-state index in [-0.39, 0.29) is 6.61 Å². The lowest BCUT2D eigenvalue weighted by Gasteiger charge is -2.24. The van der Waals surface area contributed by atoms with Crippen LogP contribution in [0.3, 0.4) is 0 Å². The Balaban J connectivity index is 1.54. The summed E-state index contributed by atoms with van der Waals surface area (Å²) >= 11 is 1.80. The van der Waals surface area contributed by atoms with E-state index in [1.54, 1.807) is 17.6 Å². The maximum atomic E-state index is 10.4. The van der Waals surface area contributed by atoms with Gasteiger partial charge in [0.1, 0.15) is 12.4 Å². The van der Waals surface area contributed by atoms with Gasteiger partial charge in [0, 0.05) is 29.4 Å². The normalized spacial score (nSPS) is 12.6. The summed E-state index contributed by atoms with van der Waals surface area (Å²) in [6.45, 7) is 4.97. The van der Waals surface area contributed by atoms with E-state index < -0.39 is 6.10 Å². The molecule has 0 radical (unpaired) electrons. The molecule has 2 heterocycles. The van der Waals surface area contributed by atoms with Crippen LogP contribution in [0.4, 0.5) is 0 Å². The van der Waals surface area contributed by atoms with Gasteiger partial charge < -0.3 is 14.3 Å². The predicted octanol–water partition coefficient (Wildman–Crippen LogP) is 4.23. The Hall–Kier alpha value is -1.92. The van der Waals surface area contributed by atoms with E-state index in [9.17, 15) is 5.11 Å². The van der Waals surface area contributed by atoms with Crippen LogP contribution in [0, 0.1) is 6.92 Å². The van der Waals surface area contributed by atoms with Gasteiger partial charge in [0.05, 0.1) is 19.0 Å². The van der Waals surface area contributed by atoms with Gasteiger partial charge >= 0.3 is 0 Å². The number of hydrogen-bond acceptors (Lipinski definition) is 5. The standard InChI is InChI=1S/C21H25NO3S/c1-17-9-10-21(26-17)14-22(12-18-6-3-2-4-7-18)13-19(23)15-24-16-20-8-5-11-25-20/h2-11,19,23H,12-16H2,1H3. The number of hydrogen-bond donors (Lipinski definition) is 1. The number of thiophene rings is 1. The van der Waals surface area contributed by atoms with Crippen molar-refractivity contribution in [1.82, 2.24) is 4.90 Å². The van der Waals surface area contributed by atoms with Gasteiger partial charge in [-0.3, -0.25) is 4.90 Å². The van der Waals surface area contributed by atoms with Gasteiger partial charge in [-0.2, -0.15) is 0 Å². The Bertz CT molecular complexity index is 755. The molecule has 0 bridgehead atoms. The molecule has 0 aliphatic carbocycles. The molecule has 3 rings (SSSR count). The summed E-state index contributed by atoms with van der Waals surface area (Å²) in [5.41, 5.74) is 1.24. The molecular formula is C21H25NO3S. The third-order valence-corrected chi connectivity index (χ3v) is 5.01. The number of aryl methyl sites for hydroxylation is 1. The first-order chi connectivity index (χ1) is 12.7. The molecule has 1 N–H and O–H groups in total. The van der Waals surface area contributed by atoms with Gasteiger partial charge in [0.15, 0.2) is 0 Å². The minimum atomic E-state index is -0.547. The number of ether oxygens (including phenoxy) is 1. The molecule has 0 amide bonds. The molecule has 5 heteroatoms. The topological polar surface area (TPSA) is 45.8 Å². The maximum absolute atomic E-state index is 10.4. The summed E-state index contributed by atoms with van der Waals surface area (Å²) in [6, 6.07) is 18.4. The molecule has 0 saturated carbocycles. The van der Waals surface area contributed by atoms with E-state index in [0.29, 0.717) is 13.2 Å². The third-order valence-electron chi connectivity index (χ3n) is 4.03. The van der Waals surface area contributed by atoms with E-state index in [4.69, 9.17) is 9.15 Å². The lowest BCUT2D eigenvalue weighted by molar-refractivity contribution is 0.00268. The Labute approximate surface area is 158 Å². The smallest absolute Gasteiger partial charge is 0.129 e. The van der Waals surface area contributed by atoms with E-state index in [1.807, 2.05) is 30.3 Å². The van der Waals surface area contributed by atoms with Crippen molar-refractivity contribution in [2.24, 2.45) is 0 Å². The van der Waals surface area contributed by atoms with Crippen molar-refractivity contribution in [3.8, 4) is 0 Å². The van der Waals surface area contributed by atoms with Crippen LogP contribution < -0.4 is 0 Å². The van der Waals surface area contributed by atoms with Gasteiger partial charge in [-0.25, -0.2) is 0 Å². The Kier molecular flexibility index (Phi) is 7.03. The molecule has 1 unspecified atom stereocenters. The van der Waals surface area contributed by atoms with E-state index >= 15 is 0 Å². The molecule has 0 aliphatic rings. The summed E-state index contributed by atoms with van der Waals surface area (Å²) in [7, 11) is 0. The van der Waals surface area contributed by atoms with Crippen LogP contribution >= 0.6 is 11.3 Å². The lowest BCUT2D eigenvalue weighted by atomic mass is 10.2. The number of benzene rings is 1. The second kappa shape index (κ2) is 9.69. The van der Waals surface area contributed by atoms with Gasteiger partial charge in [0.2, 0.25) is 0 Å². The first-order valence-electron chi connectivity index (χ1n) is 8.79. The van der Waals surface area contributed by atoms with Crippen molar-refractivity contribution in [2.45, 2.75) is 32.7 Å². The van der Waals surface area contributed by atoms with Crippen molar-refractivity contribution in [2.75, 3.05) is 13.2 Å². The highest BCUT2D eigenvalue weighted by molar-refractivity contribution is 7.11. The van der Waals surface area contributed by atoms with Crippen LogP contribution in [0.5, 0.6) is 0 Å². The van der Waals surface area contributed by atoms with Crippen LogP contribution in [0.2, 0.25) is 0 Å². The highest BCUT2D eigenvalue weighted by atomic mass is 32.1. The van der Waals surface area contributed by atoms with E-state index in [1.165, 1.54) is 15.3 Å². The van der Waals surface area contributed by atoms with Gasteiger partial charge in [-0.1, -0.05) is 30.3 Å². The first kappa shape index (κ1) is 18.9. The molecule has 0 saturated heterocycles. The monoisotopic (exact) mass is 371 g/mol. The van der Waals surface area contributed by atoms with Gasteiger partial charge in [-0.15, -0.1) is 11.3 Å². The highest BCUT2D eigenvalue weighted by Crippen LogP contribution is 2.19. The molecule has 1 aromatic carbocycles. The molecule has 2 aromatic heterocycles. The van der Waals surface area contributed by atoms with Gasteiger partial charge in [0.25, 0.3) is 0 Å². The number of nitrogens with zero attached hydrogens (tertiary/aromatic N) is 1. The van der Waals surface area contributed by atoms with Crippen molar-refractivity contribution < 1.29 is 14.3 Å². The van der Waals surface area contributed by atoms with E-state index in [2.05, 4.69) is 36.1 Å². The molecule has 138 valence electrons. The SMILES string of the molecule is Cc1ccc(CN(Cc2ccccc2)CC(O)COCc2ccco2)s1. The zero-order valence-electron chi connectivity index (χ0n) is 15.0. The molecule has 0 spiro atoms.